The summed E-state index contributed by atoms with van der Waals surface area (Å²) < 4.78 is 6.11. The van der Waals surface area contributed by atoms with Gasteiger partial charge in [0.1, 0.15) is 0 Å². The fourth-order valence-corrected chi connectivity index (χ4v) is 3.47. The van der Waals surface area contributed by atoms with Gasteiger partial charge in [-0.2, -0.15) is 0 Å². The Hall–Kier alpha value is -1.70. The molecule has 0 saturated carbocycles. The zero-order valence-electron chi connectivity index (χ0n) is 12.7. The third-order valence-electron chi connectivity index (χ3n) is 3.13. The highest BCUT2D eigenvalue weighted by Gasteiger charge is 2.15. The average molecular weight is 337 g/mol. The number of ether oxygens (including phenoxy) is 1. The van der Waals surface area contributed by atoms with Gasteiger partial charge in [-0.25, -0.2) is 0 Å². The van der Waals surface area contributed by atoms with Crippen molar-refractivity contribution in [3.63, 3.8) is 0 Å². The molecule has 1 amide bonds. The number of hydrogen-bond acceptors (Lipinski definition) is 4. The van der Waals surface area contributed by atoms with Crippen LogP contribution >= 0.6 is 23.6 Å². The van der Waals surface area contributed by atoms with Gasteiger partial charge in [0.15, 0.2) is 5.11 Å². The van der Waals surface area contributed by atoms with Crippen LogP contribution in [0.1, 0.15) is 22.2 Å². The van der Waals surface area contributed by atoms with Crippen LogP contribution in [0.15, 0.2) is 24.3 Å². The number of hydrazine groups is 1. The molecule has 0 aliphatic heterocycles. The van der Waals surface area contributed by atoms with E-state index < -0.39 is 0 Å². The van der Waals surface area contributed by atoms with Crippen molar-refractivity contribution in [3.8, 4) is 0 Å². The van der Waals surface area contributed by atoms with E-state index in [1.165, 1.54) is 11.3 Å². The summed E-state index contributed by atoms with van der Waals surface area (Å²) in [5, 5.41) is 4.47. The molecule has 5 nitrogen and oxygen atoms in total. The number of amides is 1. The van der Waals surface area contributed by atoms with Crippen LogP contribution in [0.5, 0.6) is 0 Å². The number of rotatable bonds is 4. The fraction of sp³-hybridized carbons (Fsp3) is 0.333. The van der Waals surface area contributed by atoms with Crippen molar-refractivity contribution in [1.29, 1.82) is 0 Å². The van der Waals surface area contributed by atoms with Crippen LogP contribution in [0.2, 0.25) is 0 Å². The topological polar surface area (TPSA) is 62.4 Å². The Balaban J connectivity index is 1.97. The van der Waals surface area contributed by atoms with Crippen LogP contribution in [-0.2, 0) is 4.74 Å². The monoisotopic (exact) mass is 337 g/mol. The first-order chi connectivity index (χ1) is 10.5. The molecule has 22 heavy (non-hydrogen) atoms. The molecule has 0 bridgehead atoms. The molecule has 0 saturated heterocycles. The molecule has 0 fully saturated rings. The summed E-state index contributed by atoms with van der Waals surface area (Å²) in [4.78, 5) is 13.0. The lowest BCUT2D eigenvalue weighted by Gasteiger charge is -2.16. The number of benzene rings is 1. The number of nitrogens with one attached hydrogen (secondary N) is 3. The number of aryl methyl sites for hydroxylation is 1. The number of fused-ring (bicyclic) bond motifs is 1. The Morgan fingerprint density at radius 2 is 2.09 bits per heavy atom. The van der Waals surface area contributed by atoms with Gasteiger partial charge in [-0.1, -0.05) is 18.2 Å². The van der Waals surface area contributed by atoms with E-state index in [0.29, 0.717) is 16.6 Å². The Morgan fingerprint density at radius 1 is 1.36 bits per heavy atom. The van der Waals surface area contributed by atoms with Crippen molar-refractivity contribution in [2.45, 2.75) is 19.9 Å². The molecule has 7 heteroatoms. The minimum atomic E-state index is -0.192. The summed E-state index contributed by atoms with van der Waals surface area (Å²) in [7, 11) is 1.63. The molecular weight excluding hydrogens is 318 g/mol. The van der Waals surface area contributed by atoms with E-state index in [0.717, 1.165) is 15.6 Å². The van der Waals surface area contributed by atoms with E-state index >= 15 is 0 Å². The molecule has 0 spiro atoms. The molecule has 0 unspecified atom stereocenters. The lowest BCUT2D eigenvalue weighted by Crippen LogP contribution is -2.49. The summed E-state index contributed by atoms with van der Waals surface area (Å²) in [6.45, 7) is 4.42. The Labute approximate surface area is 139 Å². The van der Waals surface area contributed by atoms with Gasteiger partial charge in [-0.3, -0.25) is 15.6 Å². The van der Waals surface area contributed by atoms with Crippen LogP contribution in [0.3, 0.4) is 0 Å². The first kappa shape index (κ1) is 16.7. The van der Waals surface area contributed by atoms with Crippen molar-refractivity contribution in [3.05, 3.63) is 34.7 Å². The standard InChI is InChI=1S/C15H19N3O2S2/c1-9(8-20-3)16-15(21)18-17-14(19)13-10(2)11-6-4-5-7-12(11)22-13/h4-7,9H,8H2,1-3H3,(H,17,19)(H2,16,18,21)/t9-/m1/s1. The highest BCUT2D eigenvalue weighted by molar-refractivity contribution is 7.80. The Morgan fingerprint density at radius 3 is 2.77 bits per heavy atom. The van der Waals surface area contributed by atoms with Crippen LogP contribution in [0.4, 0.5) is 0 Å². The summed E-state index contributed by atoms with van der Waals surface area (Å²) in [5.41, 5.74) is 6.32. The third-order valence-corrected chi connectivity index (χ3v) is 4.63. The molecule has 0 aliphatic carbocycles. The number of thiophene rings is 1. The highest BCUT2D eigenvalue weighted by Crippen LogP contribution is 2.30. The second-order valence-corrected chi connectivity index (χ2v) is 6.42. The maximum atomic E-state index is 12.3. The minimum Gasteiger partial charge on any atom is -0.383 e. The minimum absolute atomic E-state index is 0.0629. The Bertz CT molecular complexity index is 684. The van der Waals surface area contributed by atoms with E-state index in [1.54, 1.807) is 7.11 Å². The first-order valence-electron chi connectivity index (χ1n) is 6.87. The summed E-state index contributed by atoms with van der Waals surface area (Å²) in [6.07, 6.45) is 0. The van der Waals surface area contributed by atoms with Gasteiger partial charge >= 0.3 is 0 Å². The van der Waals surface area contributed by atoms with Gasteiger partial charge in [0.25, 0.3) is 5.91 Å². The zero-order valence-corrected chi connectivity index (χ0v) is 14.4. The van der Waals surface area contributed by atoms with Crippen molar-refractivity contribution in [2.75, 3.05) is 13.7 Å². The quantitative estimate of drug-likeness (QED) is 0.590. The molecular formula is C15H19N3O2S2. The van der Waals surface area contributed by atoms with Crippen molar-refractivity contribution >= 4 is 44.7 Å². The molecule has 1 aromatic carbocycles. The summed E-state index contributed by atoms with van der Waals surface area (Å²) in [6, 6.07) is 8.03. The summed E-state index contributed by atoms with van der Waals surface area (Å²) >= 11 is 6.59. The van der Waals surface area contributed by atoms with Crippen LogP contribution in [-0.4, -0.2) is 30.8 Å². The van der Waals surface area contributed by atoms with E-state index in [1.807, 2.05) is 38.1 Å². The van der Waals surface area contributed by atoms with Crippen molar-refractivity contribution < 1.29 is 9.53 Å². The first-order valence-corrected chi connectivity index (χ1v) is 8.09. The zero-order chi connectivity index (χ0) is 16.1. The molecule has 118 valence electrons. The molecule has 2 rings (SSSR count). The molecule has 1 aromatic heterocycles. The number of thiocarbonyl (C=S) groups is 1. The van der Waals surface area contributed by atoms with Crippen LogP contribution in [0, 0.1) is 6.92 Å². The van der Waals surface area contributed by atoms with Crippen LogP contribution in [0.25, 0.3) is 10.1 Å². The maximum Gasteiger partial charge on any atom is 0.280 e. The maximum absolute atomic E-state index is 12.3. The number of carbonyl (C=O) groups excluding carboxylic acids is 1. The van der Waals surface area contributed by atoms with Gasteiger partial charge in [0, 0.05) is 17.9 Å². The molecule has 2 aromatic rings. The third kappa shape index (κ3) is 3.94. The second kappa shape index (κ2) is 7.53. The van der Waals surface area contributed by atoms with Crippen molar-refractivity contribution in [2.24, 2.45) is 0 Å². The number of hydrogen-bond donors (Lipinski definition) is 3. The predicted molar refractivity (Wildman–Crippen MR) is 94.2 cm³/mol. The van der Waals surface area contributed by atoms with E-state index in [-0.39, 0.29) is 11.9 Å². The fourth-order valence-electron chi connectivity index (χ4n) is 2.11. The SMILES string of the molecule is COC[C@@H](C)NC(=S)NNC(=O)c1sc2ccccc2c1C. The molecule has 3 N–H and O–H groups in total. The molecule has 1 heterocycles. The van der Waals surface area contributed by atoms with Gasteiger partial charge in [-0.05, 0) is 43.1 Å². The van der Waals surface area contributed by atoms with Gasteiger partial charge in [0.05, 0.1) is 11.5 Å². The average Bonchev–Trinajstić information content (AvgIpc) is 2.83. The summed E-state index contributed by atoms with van der Waals surface area (Å²) in [5.74, 6) is -0.192. The number of carbonyl (C=O) groups is 1. The molecule has 0 aliphatic rings. The van der Waals surface area contributed by atoms with E-state index in [9.17, 15) is 4.79 Å². The van der Waals surface area contributed by atoms with Gasteiger partial charge < -0.3 is 10.1 Å². The number of methoxy groups -OCH3 is 1. The predicted octanol–water partition coefficient (Wildman–Crippen LogP) is 2.35. The van der Waals surface area contributed by atoms with Crippen molar-refractivity contribution in [1.82, 2.24) is 16.2 Å². The van der Waals surface area contributed by atoms with E-state index in [2.05, 4.69) is 16.2 Å². The molecule has 0 radical (unpaired) electrons. The van der Waals surface area contributed by atoms with Crippen LogP contribution < -0.4 is 16.2 Å². The smallest absolute Gasteiger partial charge is 0.280 e. The largest absolute Gasteiger partial charge is 0.383 e. The van der Waals surface area contributed by atoms with E-state index in [4.69, 9.17) is 17.0 Å². The lowest BCUT2D eigenvalue weighted by atomic mass is 10.1. The normalized spacial score (nSPS) is 12.0. The van der Waals surface area contributed by atoms with Gasteiger partial charge in [0.2, 0.25) is 0 Å². The van der Waals surface area contributed by atoms with Gasteiger partial charge in [-0.15, -0.1) is 11.3 Å². The molecule has 1 atom stereocenters. The Kier molecular flexibility index (Phi) is 5.70. The lowest BCUT2D eigenvalue weighted by molar-refractivity contribution is 0.0947. The second-order valence-electron chi connectivity index (χ2n) is 4.96. The highest BCUT2D eigenvalue weighted by atomic mass is 32.1.